The van der Waals surface area contributed by atoms with Crippen molar-refractivity contribution in [1.29, 1.82) is 0 Å². The lowest BCUT2D eigenvalue weighted by molar-refractivity contribution is 0.0952. The number of imidazole rings is 1. The van der Waals surface area contributed by atoms with Gasteiger partial charge in [-0.05, 0) is 82.2 Å². The number of ether oxygens (including phenoxy) is 1. The monoisotopic (exact) mass is 450 g/mol. The molecule has 1 amide bonds. The van der Waals surface area contributed by atoms with Gasteiger partial charge in [-0.1, -0.05) is 26.0 Å². The summed E-state index contributed by atoms with van der Waals surface area (Å²) in [5.41, 5.74) is 3.81. The highest BCUT2D eigenvalue weighted by atomic mass is 16.5. The summed E-state index contributed by atoms with van der Waals surface area (Å²) in [4.78, 5) is 19.7. The number of rotatable bonds is 12. The van der Waals surface area contributed by atoms with Crippen LogP contribution < -0.4 is 10.1 Å². The van der Waals surface area contributed by atoms with Gasteiger partial charge in [-0.3, -0.25) is 4.79 Å². The Balaban J connectivity index is 1.82. The SMILES string of the molecule is CCOc1ccc(Cc2nc3cc(C(=O)NCCCN(C)C)ccc3n2CCC(C)C)cc1. The minimum absolute atomic E-state index is 0.0413. The highest BCUT2D eigenvalue weighted by molar-refractivity contribution is 5.97. The molecular formula is C27H38N4O2. The highest BCUT2D eigenvalue weighted by Gasteiger charge is 2.15. The number of aromatic nitrogens is 2. The normalized spacial score (nSPS) is 11.5. The fourth-order valence-electron chi connectivity index (χ4n) is 3.84. The van der Waals surface area contributed by atoms with Crippen molar-refractivity contribution in [2.75, 3.05) is 33.8 Å². The molecule has 0 aliphatic heterocycles. The average molecular weight is 451 g/mol. The average Bonchev–Trinajstić information content (AvgIpc) is 3.12. The van der Waals surface area contributed by atoms with Crippen LogP contribution in [0.5, 0.6) is 5.75 Å². The van der Waals surface area contributed by atoms with Gasteiger partial charge in [0.1, 0.15) is 11.6 Å². The molecule has 1 N–H and O–H groups in total. The quantitative estimate of drug-likeness (QED) is 0.405. The zero-order valence-electron chi connectivity index (χ0n) is 20.7. The minimum Gasteiger partial charge on any atom is -0.494 e. The van der Waals surface area contributed by atoms with E-state index in [4.69, 9.17) is 9.72 Å². The number of nitrogens with one attached hydrogen (secondary N) is 1. The number of nitrogens with zero attached hydrogens (tertiary/aromatic N) is 3. The molecule has 1 heterocycles. The van der Waals surface area contributed by atoms with Gasteiger partial charge < -0.3 is 19.5 Å². The molecule has 0 radical (unpaired) electrons. The third-order valence-corrected chi connectivity index (χ3v) is 5.68. The van der Waals surface area contributed by atoms with E-state index in [9.17, 15) is 4.79 Å². The summed E-state index contributed by atoms with van der Waals surface area (Å²) in [6, 6.07) is 14.1. The van der Waals surface area contributed by atoms with Crippen LogP contribution in [0.4, 0.5) is 0 Å². The van der Waals surface area contributed by atoms with Crippen LogP contribution in [0.3, 0.4) is 0 Å². The second-order valence-electron chi connectivity index (χ2n) is 9.23. The number of hydrogen-bond donors (Lipinski definition) is 1. The van der Waals surface area contributed by atoms with E-state index in [1.54, 1.807) is 0 Å². The topological polar surface area (TPSA) is 59.4 Å². The van der Waals surface area contributed by atoms with Gasteiger partial charge in [0.25, 0.3) is 5.91 Å². The van der Waals surface area contributed by atoms with Crippen molar-refractivity contribution in [1.82, 2.24) is 19.8 Å². The van der Waals surface area contributed by atoms with E-state index in [1.165, 1.54) is 5.56 Å². The van der Waals surface area contributed by atoms with Gasteiger partial charge in [0.05, 0.1) is 17.6 Å². The Morgan fingerprint density at radius 2 is 1.91 bits per heavy atom. The Morgan fingerprint density at radius 3 is 2.58 bits per heavy atom. The predicted molar refractivity (Wildman–Crippen MR) is 135 cm³/mol. The Hall–Kier alpha value is -2.86. The maximum absolute atomic E-state index is 12.6. The number of benzene rings is 2. The fourth-order valence-corrected chi connectivity index (χ4v) is 3.84. The van der Waals surface area contributed by atoms with E-state index in [1.807, 2.05) is 51.4 Å². The van der Waals surface area contributed by atoms with Crippen molar-refractivity contribution in [3.8, 4) is 5.75 Å². The molecule has 2 aromatic carbocycles. The number of fused-ring (bicyclic) bond motifs is 1. The zero-order valence-corrected chi connectivity index (χ0v) is 20.7. The molecule has 1 aromatic heterocycles. The first kappa shape index (κ1) is 24.8. The largest absolute Gasteiger partial charge is 0.494 e. The molecule has 6 heteroatoms. The Bertz CT molecular complexity index is 1040. The smallest absolute Gasteiger partial charge is 0.251 e. The molecule has 0 spiro atoms. The van der Waals surface area contributed by atoms with Gasteiger partial charge >= 0.3 is 0 Å². The van der Waals surface area contributed by atoms with E-state index >= 15 is 0 Å². The summed E-state index contributed by atoms with van der Waals surface area (Å²) >= 11 is 0. The van der Waals surface area contributed by atoms with Crippen LogP contribution in [0.2, 0.25) is 0 Å². The summed E-state index contributed by atoms with van der Waals surface area (Å²) in [6.45, 7) is 9.67. The van der Waals surface area contributed by atoms with E-state index in [0.717, 1.165) is 55.0 Å². The van der Waals surface area contributed by atoms with E-state index < -0.39 is 0 Å². The van der Waals surface area contributed by atoms with Crippen molar-refractivity contribution in [3.05, 3.63) is 59.4 Å². The summed E-state index contributed by atoms with van der Waals surface area (Å²) < 4.78 is 7.88. The number of aryl methyl sites for hydroxylation is 1. The number of carbonyl (C=O) groups excluding carboxylic acids is 1. The second kappa shape index (κ2) is 11.8. The molecule has 0 fully saturated rings. The standard InChI is InChI=1S/C27H38N4O2/c1-6-33-23-11-8-21(9-12-23)18-26-29-24-19-22(27(32)28-15-7-16-30(4)5)10-13-25(24)31(26)17-14-20(2)3/h8-13,19-20H,6-7,14-18H2,1-5H3,(H,28,32). The van der Waals surface area contributed by atoms with Crippen LogP contribution in [0.15, 0.2) is 42.5 Å². The summed E-state index contributed by atoms with van der Waals surface area (Å²) in [5.74, 6) is 2.47. The van der Waals surface area contributed by atoms with E-state index in [2.05, 4.69) is 40.8 Å². The highest BCUT2D eigenvalue weighted by Crippen LogP contribution is 2.23. The third-order valence-electron chi connectivity index (χ3n) is 5.68. The molecule has 0 unspecified atom stereocenters. The van der Waals surface area contributed by atoms with Gasteiger partial charge in [0, 0.05) is 25.1 Å². The first-order valence-electron chi connectivity index (χ1n) is 12.0. The lowest BCUT2D eigenvalue weighted by Gasteiger charge is -2.12. The van der Waals surface area contributed by atoms with Crippen LogP contribution in [0, 0.1) is 5.92 Å². The van der Waals surface area contributed by atoms with Crippen LogP contribution in [0.1, 0.15) is 55.4 Å². The summed E-state index contributed by atoms with van der Waals surface area (Å²) in [5, 5.41) is 3.02. The van der Waals surface area contributed by atoms with Crippen molar-refractivity contribution in [3.63, 3.8) is 0 Å². The van der Waals surface area contributed by atoms with Crippen molar-refractivity contribution in [2.24, 2.45) is 5.92 Å². The molecule has 0 bridgehead atoms. The molecular weight excluding hydrogens is 412 g/mol. The van der Waals surface area contributed by atoms with Gasteiger partial charge in [-0.15, -0.1) is 0 Å². The maximum Gasteiger partial charge on any atom is 0.251 e. The molecule has 33 heavy (non-hydrogen) atoms. The van der Waals surface area contributed by atoms with Gasteiger partial charge in [0.15, 0.2) is 0 Å². The van der Waals surface area contributed by atoms with Crippen molar-refractivity contribution < 1.29 is 9.53 Å². The lowest BCUT2D eigenvalue weighted by atomic mass is 10.1. The Morgan fingerprint density at radius 1 is 1.15 bits per heavy atom. The number of amides is 1. The van der Waals surface area contributed by atoms with Crippen molar-refractivity contribution >= 4 is 16.9 Å². The molecule has 0 aliphatic rings. The first-order chi connectivity index (χ1) is 15.9. The molecule has 0 saturated heterocycles. The zero-order chi connectivity index (χ0) is 23.8. The molecule has 0 atom stereocenters. The van der Waals surface area contributed by atoms with E-state index in [-0.39, 0.29) is 5.91 Å². The molecule has 0 saturated carbocycles. The minimum atomic E-state index is -0.0413. The van der Waals surface area contributed by atoms with Crippen LogP contribution in [-0.2, 0) is 13.0 Å². The molecule has 0 aliphatic carbocycles. The summed E-state index contributed by atoms with van der Waals surface area (Å²) in [6.07, 6.45) is 2.75. The van der Waals surface area contributed by atoms with Crippen LogP contribution >= 0.6 is 0 Å². The van der Waals surface area contributed by atoms with Gasteiger partial charge in [-0.25, -0.2) is 4.98 Å². The molecule has 3 aromatic rings. The number of hydrogen-bond acceptors (Lipinski definition) is 4. The second-order valence-corrected chi connectivity index (χ2v) is 9.23. The predicted octanol–water partition coefficient (Wildman–Crippen LogP) is 4.75. The van der Waals surface area contributed by atoms with E-state index in [0.29, 0.717) is 24.6 Å². The maximum atomic E-state index is 12.6. The molecule has 3 rings (SSSR count). The fraction of sp³-hybridized carbons (Fsp3) is 0.481. The van der Waals surface area contributed by atoms with Crippen LogP contribution in [-0.4, -0.2) is 54.1 Å². The lowest BCUT2D eigenvalue weighted by Crippen LogP contribution is -2.27. The third kappa shape index (κ3) is 7.06. The molecule has 6 nitrogen and oxygen atoms in total. The van der Waals surface area contributed by atoms with Gasteiger partial charge in [-0.2, -0.15) is 0 Å². The molecule has 178 valence electrons. The van der Waals surface area contributed by atoms with Gasteiger partial charge in [0.2, 0.25) is 0 Å². The first-order valence-corrected chi connectivity index (χ1v) is 12.0. The Labute approximate surface area is 198 Å². The Kier molecular flexibility index (Phi) is 8.89. The van der Waals surface area contributed by atoms with Crippen molar-refractivity contribution in [2.45, 2.75) is 46.6 Å². The van der Waals surface area contributed by atoms with Crippen LogP contribution in [0.25, 0.3) is 11.0 Å². The summed E-state index contributed by atoms with van der Waals surface area (Å²) in [7, 11) is 4.08. The number of carbonyl (C=O) groups is 1.